The summed E-state index contributed by atoms with van der Waals surface area (Å²) in [7, 11) is -4.06. The molecule has 30 heavy (non-hydrogen) atoms. The lowest BCUT2D eigenvalue weighted by molar-refractivity contribution is 0.102. The van der Waals surface area contributed by atoms with Gasteiger partial charge < -0.3 is 14.8 Å². The molecule has 3 aromatic rings. The van der Waals surface area contributed by atoms with Gasteiger partial charge >= 0.3 is 0 Å². The van der Waals surface area contributed by atoms with Crippen molar-refractivity contribution in [2.75, 3.05) is 23.3 Å². The second-order valence-electron chi connectivity index (χ2n) is 6.43. The van der Waals surface area contributed by atoms with Crippen LogP contribution in [-0.2, 0) is 10.0 Å². The molecule has 0 fully saturated rings. The summed E-state index contributed by atoms with van der Waals surface area (Å²) in [6, 6.07) is 16.2. The van der Waals surface area contributed by atoms with Gasteiger partial charge in [0.15, 0.2) is 11.5 Å². The monoisotopic (exact) mass is 428 g/mol. The van der Waals surface area contributed by atoms with Gasteiger partial charge in [0.2, 0.25) is 0 Å². The van der Waals surface area contributed by atoms with E-state index in [1.807, 2.05) is 0 Å². The van der Waals surface area contributed by atoms with Crippen molar-refractivity contribution in [3.8, 4) is 11.5 Å². The molecule has 154 valence electrons. The molecule has 9 heteroatoms. The Morgan fingerprint density at radius 2 is 1.63 bits per heavy atom. The third-order valence-corrected chi connectivity index (χ3v) is 5.71. The molecule has 0 unspecified atom stereocenters. The zero-order chi connectivity index (χ0) is 21.1. The Kier molecular flexibility index (Phi) is 5.28. The number of ether oxygens (including phenoxy) is 2. The van der Waals surface area contributed by atoms with Crippen LogP contribution in [0.1, 0.15) is 10.4 Å². The number of nitrogens with one attached hydrogen (secondary N) is 2. The van der Waals surface area contributed by atoms with Crippen LogP contribution in [0.25, 0.3) is 0 Å². The maximum Gasteiger partial charge on any atom is 0.262 e. The van der Waals surface area contributed by atoms with E-state index in [0.717, 1.165) is 6.07 Å². The van der Waals surface area contributed by atoms with E-state index in [-0.39, 0.29) is 16.3 Å². The fourth-order valence-corrected chi connectivity index (χ4v) is 3.93. The molecule has 1 heterocycles. The van der Waals surface area contributed by atoms with Crippen LogP contribution in [0.15, 0.2) is 71.6 Å². The summed E-state index contributed by atoms with van der Waals surface area (Å²) in [5.74, 6) is -0.427. The standard InChI is InChI=1S/C21H17FN2O5S/c22-17-13-16(7-8-18(17)23-21(25)14-4-2-1-3-5-14)30(26,27)24-15-6-9-19-20(12-15)29-11-10-28-19/h1-9,12-13,24H,10-11H2,(H,23,25). The number of rotatable bonds is 5. The fourth-order valence-electron chi connectivity index (χ4n) is 2.87. The average molecular weight is 428 g/mol. The highest BCUT2D eigenvalue weighted by Gasteiger charge is 2.19. The van der Waals surface area contributed by atoms with Crippen LogP contribution in [0, 0.1) is 5.82 Å². The first kappa shape index (κ1) is 19.7. The molecule has 0 aliphatic carbocycles. The van der Waals surface area contributed by atoms with Crippen LogP contribution in [-0.4, -0.2) is 27.5 Å². The van der Waals surface area contributed by atoms with Gasteiger partial charge in [-0.2, -0.15) is 0 Å². The summed E-state index contributed by atoms with van der Waals surface area (Å²) >= 11 is 0. The Hall–Kier alpha value is -3.59. The molecule has 0 spiro atoms. The lowest BCUT2D eigenvalue weighted by Gasteiger charge is -2.19. The van der Waals surface area contributed by atoms with Crippen molar-refractivity contribution >= 4 is 27.3 Å². The average Bonchev–Trinajstić information content (AvgIpc) is 2.75. The third kappa shape index (κ3) is 4.20. The number of anilines is 2. The first-order valence-corrected chi connectivity index (χ1v) is 10.5. The number of hydrogen-bond acceptors (Lipinski definition) is 5. The molecule has 1 aliphatic heterocycles. The number of hydrogen-bond donors (Lipinski definition) is 2. The quantitative estimate of drug-likeness (QED) is 0.647. The van der Waals surface area contributed by atoms with Crippen LogP contribution in [0.2, 0.25) is 0 Å². The van der Waals surface area contributed by atoms with Crippen LogP contribution in [0.5, 0.6) is 11.5 Å². The predicted molar refractivity (Wildman–Crippen MR) is 109 cm³/mol. The van der Waals surface area contributed by atoms with Gasteiger partial charge in [-0.05, 0) is 42.5 Å². The molecular formula is C21H17FN2O5S. The number of halogens is 1. The summed E-state index contributed by atoms with van der Waals surface area (Å²) in [6.07, 6.45) is 0. The lowest BCUT2D eigenvalue weighted by atomic mass is 10.2. The first-order valence-electron chi connectivity index (χ1n) is 9.01. The second-order valence-corrected chi connectivity index (χ2v) is 8.11. The van der Waals surface area contributed by atoms with E-state index in [4.69, 9.17) is 9.47 Å². The smallest absolute Gasteiger partial charge is 0.262 e. The van der Waals surface area contributed by atoms with Gasteiger partial charge in [0, 0.05) is 11.6 Å². The minimum atomic E-state index is -4.06. The van der Waals surface area contributed by atoms with Crippen molar-refractivity contribution in [2.45, 2.75) is 4.90 Å². The van der Waals surface area contributed by atoms with Crippen molar-refractivity contribution < 1.29 is 27.1 Å². The van der Waals surface area contributed by atoms with E-state index < -0.39 is 21.7 Å². The second kappa shape index (κ2) is 8.03. The Balaban J connectivity index is 1.52. The molecule has 0 saturated carbocycles. The number of carbonyl (C=O) groups excluding carboxylic acids is 1. The molecular weight excluding hydrogens is 411 g/mol. The zero-order valence-electron chi connectivity index (χ0n) is 15.6. The molecule has 0 aromatic heterocycles. The summed E-state index contributed by atoms with van der Waals surface area (Å²) in [6.45, 7) is 0.787. The van der Waals surface area contributed by atoms with Gasteiger partial charge in [0.05, 0.1) is 16.3 Å². The predicted octanol–water partition coefficient (Wildman–Crippen LogP) is 3.65. The Morgan fingerprint density at radius 3 is 2.37 bits per heavy atom. The summed E-state index contributed by atoms with van der Waals surface area (Å²) in [5, 5.41) is 2.43. The molecule has 1 amide bonds. The first-order chi connectivity index (χ1) is 14.4. The molecule has 0 atom stereocenters. The SMILES string of the molecule is O=C(Nc1ccc(S(=O)(=O)Nc2ccc3c(c2)OCCO3)cc1F)c1ccccc1. The van der Waals surface area contributed by atoms with Crippen LogP contribution < -0.4 is 19.5 Å². The fraction of sp³-hybridized carbons (Fsp3) is 0.0952. The number of sulfonamides is 1. The van der Waals surface area contributed by atoms with E-state index in [2.05, 4.69) is 10.0 Å². The Morgan fingerprint density at radius 1 is 0.900 bits per heavy atom. The molecule has 1 aliphatic rings. The summed E-state index contributed by atoms with van der Waals surface area (Å²) < 4.78 is 53.0. The number of amides is 1. The van der Waals surface area contributed by atoms with E-state index in [9.17, 15) is 17.6 Å². The molecule has 7 nitrogen and oxygen atoms in total. The van der Waals surface area contributed by atoms with Gasteiger partial charge in [-0.15, -0.1) is 0 Å². The number of carbonyl (C=O) groups is 1. The highest BCUT2D eigenvalue weighted by molar-refractivity contribution is 7.92. The Bertz CT molecular complexity index is 1200. The van der Waals surface area contributed by atoms with Crippen molar-refractivity contribution in [1.29, 1.82) is 0 Å². The van der Waals surface area contributed by atoms with Crippen LogP contribution >= 0.6 is 0 Å². The third-order valence-electron chi connectivity index (χ3n) is 4.33. The highest BCUT2D eigenvalue weighted by atomic mass is 32.2. The van der Waals surface area contributed by atoms with E-state index in [1.165, 1.54) is 24.3 Å². The molecule has 0 bridgehead atoms. The van der Waals surface area contributed by atoms with Crippen molar-refractivity contribution in [1.82, 2.24) is 0 Å². The normalized spacial score (nSPS) is 12.8. The molecule has 4 rings (SSSR count). The van der Waals surface area contributed by atoms with Gasteiger partial charge in [0.25, 0.3) is 15.9 Å². The van der Waals surface area contributed by atoms with E-state index in [0.29, 0.717) is 30.3 Å². The number of fused-ring (bicyclic) bond motifs is 1. The minimum Gasteiger partial charge on any atom is -0.486 e. The van der Waals surface area contributed by atoms with Crippen LogP contribution in [0.4, 0.5) is 15.8 Å². The largest absolute Gasteiger partial charge is 0.486 e. The molecule has 3 aromatic carbocycles. The topological polar surface area (TPSA) is 93.7 Å². The minimum absolute atomic E-state index is 0.123. The van der Waals surface area contributed by atoms with Gasteiger partial charge in [-0.3, -0.25) is 9.52 Å². The zero-order valence-corrected chi connectivity index (χ0v) is 16.4. The molecule has 0 saturated heterocycles. The van der Waals surface area contributed by atoms with Crippen molar-refractivity contribution in [2.24, 2.45) is 0 Å². The lowest BCUT2D eigenvalue weighted by Crippen LogP contribution is -2.17. The van der Waals surface area contributed by atoms with E-state index >= 15 is 0 Å². The number of benzene rings is 3. The highest BCUT2D eigenvalue weighted by Crippen LogP contribution is 2.33. The molecule has 0 radical (unpaired) electrons. The van der Waals surface area contributed by atoms with Gasteiger partial charge in [-0.25, -0.2) is 12.8 Å². The summed E-state index contributed by atoms with van der Waals surface area (Å²) in [4.78, 5) is 11.9. The maximum absolute atomic E-state index is 14.5. The van der Waals surface area contributed by atoms with Crippen molar-refractivity contribution in [3.63, 3.8) is 0 Å². The van der Waals surface area contributed by atoms with Crippen LogP contribution in [0.3, 0.4) is 0 Å². The van der Waals surface area contributed by atoms with Gasteiger partial charge in [-0.1, -0.05) is 18.2 Å². The maximum atomic E-state index is 14.5. The Labute approximate surface area is 172 Å². The van der Waals surface area contributed by atoms with Gasteiger partial charge in [0.1, 0.15) is 19.0 Å². The molecule has 2 N–H and O–H groups in total. The van der Waals surface area contributed by atoms with E-state index in [1.54, 1.807) is 36.4 Å². The summed E-state index contributed by atoms with van der Waals surface area (Å²) in [5.41, 5.74) is 0.483. The van der Waals surface area contributed by atoms with Crippen molar-refractivity contribution in [3.05, 3.63) is 78.1 Å².